The van der Waals surface area contributed by atoms with Crippen LogP contribution in [0.1, 0.15) is 16.7 Å². The van der Waals surface area contributed by atoms with Crippen molar-refractivity contribution in [1.29, 1.82) is 0 Å². The Hall–Kier alpha value is -2.28. The number of carbonyl (C=O) groups is 1. The Kier molecular flexibility index (Phi) is 6.14. The molecule has 4 rings (SSSR count). The highest BCUT2D eigenvalue weighted by atomic mass is 32.2. The molecule has 5 nitrogen and oxygen atoms in total. The predicted octanol–water partition coefficient (Wildman–Crippen LogP) is 3.93. The molecule has 32 heavy (non-hydrogen) atoms. The summed E-state index contributed by atoms with van der Waals surface area (Å²) in [6.45, 7) is 0.308. The van der Waals surface area contributed by atoms with E-state index in [2.05, 4.69) is 16.2 Å². The quantitative estimate of drug-likeness (QED) is 0.584. The van der Waals surface area contributed by atoms with Crippen LogP contribution >= 0.6 is 11.8 Å². The van der Waals surface area contributed by atoms with E-state index in [1.807, 2.05) is 0 Å². The van der Waals surface area contributed by atoms with Crippen LogP contribution in [0.5, 0.6) is 0 Å². The minimum absolute atomic E-state index is 0.0904. The Bertz CT molecular complexity index is 981. The molecule has 2 aliphatic heterocycles. The van der Waals surface area contributed by atoms with Gasteiger partial charge in [-0.05, 0) is 35.9 Å². The van der Waals surface area contributed by atoms with Gasteiger partial charge in [-0.15, -0.1) is 11.8 Å². The molecule has 0 radical (unpaired) electrons. The molecule has 172 valence electrons. The van der Waals surface area contributed by atoms with E-state index in [0.29, 0.717) is 12.1 Å². The lowest BCUT2D eigenvalue weighted by molar-refractivity contribution is -0.138. The lowest BCUT2D eigenvalue weighted by atomic mass is 10.0. The van der Waals surface area contributed by atoms with Crippen LogP contribution in [0.4, 0.5) is 32.0 Å². The zero-order chi connectivity index (χ0) is 23.1. The minimum Gasteiger partial charge on any atom is -0.287 e. The lowest BCUT2D eigenvalue weighted by Gasteiger charge is -2.41. The number of anilines is 1. The monoisotopic (exact) mass is 476 g/mol. The van der Waals surface area contributed by atoms with Gasteiger partial charge in [0.15, 0.2) is 0 Å². The minimum atomic E-state index is -4.57. The average molecular weight is 476 g/mol. The number of thioether (sulfide) groups is 1. The molecule has 3 atom stereocenters. The summed E-state index contributed by atoms with van der Waals surface area (Å²) in [4.78, 5) is 14.4. The molecule has 1 amide bonds. The molecule has 3 unspecified atom stereocenters. The molecule has 2 aromatic carbocycles. The molecular weight excluding hydrogens is 458 g/mol. The first kappa shape index (κ1) is 22.9. The fourth-order valence-corrected chi connectivity index (χ4v) is 4.75. The first-order chi connectivity index (χ1) is 15.0. The van der Waals surface area contributed by atoms with Crippen LogP contribution in [0, 0.1) is 5.92 Å². The Balaban J connectivity index is 1.58. The summed E-state index contributed by atoms with van der Waals surface area (Å²) >= 11 is 1.20. The third-order valence-electron chi connectivity index (χ3n) is 5.23. The van der Waals surface area contributed by atoms with Crippen molar-refractivity contribution in [2.24, 2.45) is 5.92 Å². The number of amides is 1. The van der Waals surface area contributed by atoms with Crippen LogP contribution in [0.25, 0.3) is 0 Å². The molecule has 0 aromatic heterocycles. The maximum atomic E-state index is 13.2. The number of nitrogens with one attached hydrogen (secondary N) is 3. The number of benzene rings is 2. The van der Waals surface area contributed by atoms with Crippen molar-refractivity contribution < 1.29 is 31.1 Å². The van der Waals surface area contributed by atoms with Gasteiger partial charge in [0.25, 0.3) is 0 Å². The van der Waals surface area contributed by atoms with E-state index in [1.54, 1.807) is 0 Å². The van der Waals surface area contributed by atoms with E-state index in [0.717, 1.165) is 24.3 Å². The standard InChI is InChI=1S/C20H18F6N4OS/c21-19(22,23)12-6-4-11(5-7-12)10-32-18-28-16-15(9-27-29-16)17(31)30(18)14-3-1-2-13(8-14)20(24,25)26/h1-8,15-16,18,27-29H,9-10H2. The summed E-state index contributed by atoms with van der Waals surface area (Å²) in [6, 6.07) is 9.13. The summed E-state index contributed by atoms with van der Waals surface area (Å²) in [5.74, 6) is -0.633. The Morgan fingerprint density at radius 2 is 1.66 bits per heavy atom. The molecule has 2 aliphatic rings. The van der Waals surface area contributed by atoms with Gasteiger partial charge >= 0.3 is 12.4 Å². The number of hydrogen-bond donors (Lipinski definition) is 3. The highest BCUT2D eigenvalue weighted by Crippen LogP contribution is 2.36. The molecular formula is C20H18F6N4OS. The first-order valence-corrected chi connectivity index (χ1v) is 10.6. The topological polar surface area (TPSA) is 56.4 Å². The van der Waals surface area contributed by atoms with Gasteiger partial charge in [0.1, 0.15) is 5.50 Å². The fraction of sp³-hybridized carbons (Fsp3) is 0.350. The largest absolute Gasteiger partial charge is 0.416 e. The van der Waals surface area contributed by atoms with Gasteiger partial charge in [0, 0.05) is 18.0 Å². The van der Waals surface area contributed by atoms with Gasteiger partial charge in [0.05, 0.1) is 23.2 Å². The van der Waals surface area contributed by atoms with E-state index in [9.17, 15) is 31.1 Å². The van der Waals surface area contributed by atoms with E-state index in [-0.39, 0.29) is 17.3 Å². The van der Waals surface area contributed by atoms with Crippen LogP contribution in [0.15, 0.2) is 48.5 Å². The third kappa shape index (κ3) is 4.72. The van der Waals surface area contributed by atoms with Gasteiger partial charge in [-0.25, -0.2) is 5.43 Å². The van der Waals surface area contributed by atoms with E-state index < -0.39 is 41.1 Å². The van der Waals surface area contributed by atoms with Crippen molar-refractivity contribution in [1.82, 2.24) is 16.2 Å². The number of fused-ring (bicyclic) bond motifs is 1. The Morgan fingerprint density at radius 3 is 2.31 bits per heavy atom. The first-order valence-electron chi connectivity index (χ1n) is 9.56. The maximum absolute atomic E-state index is 13.2. The van der Waals surface area contributed by atoms with Crippen LogP contribution in [-0.4, -0.2) is 24.1 Å². The molecule has 2 fully saturated rings. The number of nitrogens with zero attached hydrogens (tertiary/aromatic N) is 1. The van der Waals surface area contributed by atoms with Crippen molar-refractivity contribution >= 4 is 23.4 Å². The van der Waals surface area contributed by atoms with Crippen LogP contribution in [0.3, 0.4) is 0 Å². The number of hydrogen-bond acceptors (Lipinski definition) is 5. The van der Waals surface area contributed by atoms with Gasteiger partial charge in [-0.3, -0.25) is 20.4 Å². The second kappa shape index (κ2) is 8.58. The van der Waals surface area contributed by atoms with Crippen molar-refractivity contribution in [3.8, 4) is 0 Å². The summed E-state index contributed by atoms with van der Waals surface area (Å²) in [6.07, 6.45) is -9.43. The second-order valence-electron chi connectivity index (χ2n) is 7.39. The zero-order valence-electron chi connectivity index (χ0n) is 16.3. The SMILES string of the molecule is O=C1C2CNNC2NC(SCc2ccc(C(F)(F)F)cc2)N1c1cccc(C(F)(F)F)c1. The normalized spacial score (nSPS) is 24.0. The molecule has 0 spiro atoms. The van der Waals surface area contributed by atoms with E-state index >= 15 is 0 Å². The van der Waals surface area contributed by atoms with Crippen LogP contribution in [-0.2, 0) is 22.9 Å². The van der Waals surface area contributed by atoms with Gasteiger partial charge in [-0.1, -0.05) is 18.2 Å². The summed E-state index contributed by atoms with van der Waals surface area (Å²) in [5, 5.41) is 3.19. The summed E-state index contributed by atoms with van der Waals surface area (Å²) in [5.41, 5.74) is 4.08. The summed E-state index contributed by atoms with van der Waals surface area (Å²) < 4.78 is 77.9. The van der Waals surface area contributed by atoms with Crippen LogP contribution in [0.2, 0.25) is 0 Å². The second-order valence-corrected chi connectivity index (χ2v) is 8.46. The van der Waals surface area contributed by atoms with Gasteiger partial charge < -0.3 is 0 Å². The summed E-state index contributed by atoms with van der Waals surface area (Å²) in [7, 11) is 0. The number of rotatable bonds is 4. The number of halogens is 6. The van der Waals surface area contributed by atoms with Crippen molar-refractivity contribution in [3.63, 3.8) is 0 Å². The number of alkyl halides is 6. The highest BCUT2D eigenvalue weighted by molar-refractivity contribution is 7.99. The van der Waals surface area contributed by atoms with E-state index in [1.165, 1.54) is 40.9 Å². The fourth-order valence-electron chi connectivity index (χ4n) is 3.59. The lowest BCUT2D eigenvalue weighted by Crippen LogP contribution is -2.64. The molecule has 0 aliphatic carbocycles. The van der Waals surface area contributed by atoms with Crippen molar-refractivity contribution in [3.05, 3.63) is 65.2 Å². The predicted molar refractivity (Wildman–Crippen MR) is 107 cm³/mol. The van der Waals surface area contributed by atoms with Gasteiger partial charge in [-0.2, -0.15) is 26.3 Å². The third-order valence-corrected chi connectivity index (χ3v) is 6.40. The number of hydrazine groups is 1. The van der Waals surface area contributed by atoms with Crippen LogP contribution < -0.4 is 21.1 Å². The molecule has 2 heterocycles. The zero-order valence-corrected chi connectivity index (χ0v) is 17.1. The highest BCUT2D eigenvalue weighted by Gasteiger charge is 2.45. The van der Waals surface area contributed by atoms with Crippen molar-refractivity contribution in [2.75, 3.05) is 11.4 Å². The van der Waals surface area contributed by atoms with Gasteiger partial charge in [0.2, 0.25) is 5.91 Å². The molecule has 2 aromatic rings. The molecule has 0 saturated carbocycles. The molecule has 12 heteroatoms. The maximum Gasteiger partial charge on any atom is 0.416 e. The van der Waals surface area contributed by atoms with E-state index in [4.69, 9.17) is 0 Å². The average Bonchev–Trinajstić information content (AvgIpc) is 3.20. The number of carbonyl (C=O) groups excluding carboxylic acids is 1. The molecule has 2 saturated heterocycles. The smallest absolute Gasteiger partial charge is 0.287 e. The molecule has 0 bridgehead atoms. The molecule has 3 N–H and O–H groups in total. The van der Waals surface area contributed by atoms with Crippen molar-refractivity contribution in [2.45, 2.75) is 29.8 Å². The Morgan fingerprint density at radius 1 is 0.969 bits per heavy atom. The Labute approximate surface area is 183 Å².